The first-order valence-corrected chi connectivity index (χ1v) is 7.74. The third kappa shape index (κ3) is 3.40. The number of nitrogens with two attached hydrogens (primary N) is 1. The second-order valence-electron chi connectivity index (χ2n) is 6.44. The predicted molar refractivity (Wildman–Crippen MR) is 80.1 cm³/mol. The van der Waals surface area contributed by atoms with Crippen LogP contribution in [-0.2, 0) is 11.3 Å². The summed E-state index contributed by atoms with van der Waals surface area (Å²) in [6.07, 6.45) is 5.23. The second-order valence-corrected chi connectivity index (χ2v) is 6.44. The number of amides is 1. The van der Waals surface area contributed by atoms with Gasteiger partial charge in [0.2, 0.25) is 5.91 Å². The van der Waals surface area contributed by atoms with Crippen molar-refractivity contribution >= 4 is 5.91 Å². The molecule has 0 saturated heterocycles. The van der Waals surface area contributed by atoms with Gasteiger partial charge in [-0.25, -0.2) is 0 Å². The molecular formula is C17H24N2O. The zero-order chi connectivity index (χ0) is 14.1. The van der Waals surface area contributed by atoms with Crippen molar-refractivity contribution in [2.24, 2.45) is 11.7 Å². The van der Waals surface area contributed by atoms with E-state index in [1.54, 1.807) is 0 Å². The van der Waals surface area contributed by atoms with Gasteiger partial charge in [0.15, 0.2) is 0 Å². The van der Waals surface area contributed by atoms with Crippen molar-refractivity contribution < 1.29 is 4.79 Å². The molecule has 0 radical (unpaired) electrons. The summed E-state index contributed by atoms with van der Waals surface area (Å²) in [4.78, 5) is 14.5. The predicted octanol–water partition coefficient (Wildman–Crippen LogP) is 2.61. The molecule has 2 aliphatic carbocycles. The van der Waals surface area contributed by atoms with Gasteiger partial charge < -0.3 is 10.6 Å². The lowest BCUT2D eigenvalue weighted by Crippen LogP contribution is -2.37. The number of hydrogen-bond donors (Lipinski definition) is 1. The van der Waals surface area contributed by atoms with Crippen molar-refractivity contribution in [3.8, 4) is 0 Å². The summed E-state index contributed by atoms with van der Waals surface area (Å²) in [5.41, 5.74) is 8.58. The van der Waals surface area contributed by atoms with Gasteiger partial charge in [-0.3, -0.25) is 4.79 Å². The molecule has 0 aromatic heterocycles. The Kier molecular flexibility index (Phi) is 3.79. The fourth-order valence-electron chi connectivity index (χ4n) is 2.71. The number of carbonyl (C=O) groups is 1. The third-order valence-corrected chi connectivity index (χ3v) is 4.42. The summed E-state index contributed by atoms with van der Waals surface area (Å²) in [5.74, 6) is 0.840. The summed E-state index contributed by atoms with van der Waals surface area (Å²) in [6.45, 7) is 2.82. The quantitative estimate of drug-likeness (QED) is 0.865. The highest BCUT2D eigenvalue weighted by Crippen LogP contribution is 2.34. The normalized spacial score (nSPS) is 19.7. The number of carbonyl (C=O) groups excluding carboxylic acids is 1. The van der Waals surface area contributed by atoms with Crippen molar-refractivity contribution in [1.82, 2.24) is 4.90 Å². The molecule has 1 aromatic rings. The van der Waals surface area contributed by atoms with E-state index < -0.39 is 0 Å². The molecule has 2 fully saturated rings. The highest BCUT2D eigenvalue weighted by atomic mass is 16.2. The largest absolute Gasteiger partial charge is 0.335 e. The van der Waals surface area contributed by atoms with Crippen LogP contribution >= 0.6 is 0 Å². The van der Waals surface area contributed by atoms with Gasteiger partial charge in [0.05, 0.1) is 0 Å². The molecule has 2 N–H and O–H groups in total. The number of rotatable bonds is 6. The minimum Gasteiger partial charge on any atom is -0.335 e. The molecule has 3 heteroatoms. The van der Waals surface area contributed by atoms with Crippen molar-refractivity contribution in [3.63, 3.8) is 0 Å². The van der Waals surface area contributed by atoms with E-state index >= 15 is 0 Å². The number of hydrogen-bond acceptors (Lipinski definition) is 2. The number of benzene rings is 1. The van der Waals surface area contributed by atoms with Crippen LogP contribution in [0.2, 0.25) is 0 Å². The molecule has 0 heterocycles. The lowest BCUT2D eigenvalue weighted by molar-refractivity contribution is -0.132. The van der Waals surface area contributed by atoms with Gasteiger partial charge in [0.25, 0.3) is 0 Å². The molecule has 1 aromatic carbocycles. The smallest absolute Gasteiger partial charge is 0.224 e. The van der Waals surface area contributed by atoms with Crippen LogP contribution in [0.4, 0.5) is 0 Å². The Morgan fingerprint density at radius 2 is 1.90 bits per heavy atom. The van der Waals surface area contributed by atoms with Gasteiger partial charge in [-0.05, 0) is 44.1 Å². The summed E-state index contributed by atoms with van der Waals surface area (Å²) in [5, 5.41) is 0. The van der Waals surface area contributed by atoms with Crippen LogP contribution in [-0.4, -0.2) is 22.9 Å². The lowest BCUT2D eigenvalue weighted by atomic mass is 10.1. The molecule has 3 nitrogen and oxygen atoms in total. The Bertz CT molecular complexity index is 474. The third-order valence-electron chi connectivity index (χ3n) is 4.42. The topological polar surface area (TPSA) is 46.3 Å². The minimum atomic E-state index is 0.0711. The van der Waals surface area contributed by atoms with Crippen molar-refractivity contribution in [3.05, 3.63) is 35.4 Å². The van der Waals surface area contributed by atoms with Crippen LogP contribution in [0.15, 0.2) is 24.3 Å². The van der Waals surface area contributed by atoms with E-state index in [0.29, 0.717) is 18.4 Å². The molecular weight excluding hydrogens is 248 g/mol. The van der Waals surface area contributed by atoms with Crippen molar-refractivity contribution in [2.75, 3.05) is 0 Å². The van der Waals surface area contributed by atoms with Crippen LogP contribution in [0.3, 0.4) is 0 Å². The molecule has 0 spiro atoms. The SMILES string of the molecule is Cc1ccc(CN(C(=O)CC(N)C2CC2)C2CC2)cc1. The lowest BCUT2D eigenvalue weighted by Gasteiger charge is -2.24. The number of nitrogens with zero attached hydrogens (tertiary/aromatic N) is 1. The van der Waals surface area contributed by atoms with Gasteiger partial charge in [-0.1, -0.05) is 29.8 Å². The highest BCUT2D eigenvalue weighted by molar-refractivity contribution is 5.77. The monoisotopic (exact) mass is 272 g/mol. The number of aryl methyl sites for hydroxylation is 1. The van der Waals surface area contributed by atoms with E-state index in [1.807, 2.05) is 4.90 Å². The Balaban J connectivity index is 1.62. The molecule has 2 aliphatic rings. The van der Waals surface area contributed by atoms with E-state index in [4.69, 9.17) is 5.73 Å². The van der Waals surface area contributed by atoms with Crippen LogP contribution in [0.5, 0.6) is 0 Å². The Morgan fingerprint density at radius 3 is 2.45 bits per heavy atom. The van der Waals surface area contributed by atoms with Gasteiger partial charge in [-0.2, -0.15) is 0 Å². The zero-order valence-electron chi connectivity index (χ0n) is 12.2. The molecule has 2 saturated carbocycles. The Morgan fingerprint density at radius 1 is 1.25 bits per heavy atom. The zero-order valence-corrected chi connectivity index (χ0v) is 12.2. The Labute approximate surface area is 121 Å². The molecule has 1 amide bonds. The van der Waals surface area contributed by atoms with Crippen LogP contribution in [0.1, 0.15) is 43.2 Å². The first kappa shape index (κ1) is 13.6. The summed E-state index contributed by atoms with van der Waals surface area (Å²) >= 11 is 0. The summed E-state index contributed by atoms with van der Waals surface area (Å²) < 4.78 is 0. The van der Waals surface area contributed by atoms with Gasteiger partial charge >= 0.3 is 0 Å². The standard InChI is InChI=1S/C17H24N2O/c1-12-2-4-13(5-3-12)11-19(15-8-9-15)17(20)10-16(18)14-6-7-14/h2-5,14-16H,6-11,18H2,1H3. The van der Waals surface area contributed by atoms with Gasteiger partial charge in [0, 0.05) is 25.0 Å². The average Bonchev–Trinajstić information content (AvgIpc) is 3.29. The molecule has 3 rings (SSSR count). The molecule has 20 heavy (non-hydrogen) atoms. The van der Waals surface area contributed by atoms with E-state index in [-0.39, 0.29) is 11.9 Å². The first-order valence-electron chi connectivity index (χ1n) is 7.74. The van der Waals surface area contributed by atoms with Crippen LogP contribution in [0, 0.1) is 12.8 Å². The molecule has 108 valence electrons. The first-order chi connectivity index (χ1) is 9.63. The Hall–Kier alpha value is -1.35. The fraction of sp³-hybridized carbons (Fsp3) is 0.588. The van der Waals surface area contributed by atoms with E-state index in [9.17, 15) is 4.79 Å². The summed E-state index contributed by atoms with van der Waals surface area (Å²) in [7, 11) is 0. The van der Waals surface area contributed by atoms with Gasteiger partial charge in [-0.15, -0.1) is 0 Å². The van der Waals surface area contributed by atoms with Gasteiger partial charge in [0.1, 0.15) is 0 Å². The average molecular weight is 272 g/mol. The van der Waals surface area contributed by atoms with E-state index in [1.165, 1.54) is 24.0 Å². The molecule has 0 aliphatic heterocycles. The maximum atomic E-state index is 12.5. The molecule has 0 bridgehead atoms. The highest BCUT2D eigenvalue weighted by Gasteiger charge is 2.35. The molecule has 1 unspecified atom stereocenters. The van der Waals surface area contributed by atoms with Crippen molar-refractivity contribution in [1.29, 1.82) is 0 Å². The maximum absolute atomic E-state index is 12.5. The molecule has 1 atom stereocenters. The van der Waals surface area contributed by atoms with Crippen LogP contribution < -0.4 is 5.73 Å². The second kappa shape index (κ2) is 5.57. The van der Waals surface area contributed by atoms with E-state index in [0.717, 1.165) is 19.4 Å². The van der Waals surface area contributed by atoms with E-state index in [2.05, 4.69) is 31.2 Å². The van der Waals surface area contributed by atoms with Crippen molar-refractivity contribution in [2.45, 2.75) is 57.7 Å². The maximum Gasteiger partial charge on any atom is 0.224 e. The van der Waals surface area contributed by atoms with Crippen LogP contribution in [0.25, 0.3) is 0 Å². The minimum absolute atomic E-state index is 0.0711. The summed E-state index contributed by atoms with van der Waals surface area (Å²) in [6, 6.07) is 9.00. The fourth-order valence-corrected chi connectivity index (χ4v) is 2.71.